The van der Waals surface area contributed by atoms with Crippen molar-refractivity contribution in [3.05, 3.63) is 64.7 Å². The van der Waals surface area contributed by atoms with Gasteiger partial charge in [-0.25, -0.2) is 18.4 Å². The molecule has 3 N–H and O–H groups in total. The van der Waals surface area contributed by atoms with E-state index in [1.807, 2.05) is 45.4 Å². The van der Waals surface area contributed by atoms with Crippen LogP contribution in [0.15, 0.2) is 46.9 Å². The zero-order valence-corrected chi connectivity index (χ0v) is 25.4. The van der Waals surface area contributed by atoms with Gasteiger partial charge in [-0.2, -0.15) is 5.11 Å². The van der Waals surface area contributed by atoms with E-state index in [4.69, 9.17) is 4.74 Å². The summed E-state index contributed by atoms with van der Waals surface area (Å²) < 4.78 is 34.0. The fraction of sp³-hybridized carbons (Fsp3) is 0.429. The molecule has 4 rings (SSSR count). The third-order valence-corrected chi connectivity index (χ3v) is 7.46. The van der Waals surface area contributed by atoms with E-state index in [0.717, 1.165) is 28.8 Å². The third-order valence-electron chi connectivity index (χ3n) is 6.87. The van der Waals surface area contributed by atoms with E-state index in [0.29, 0.717) is 23.6 Å². The number of sulfonamides is 1. The molecule has 1 aliphatic heterocycles. The Hall–Kier alpha value is -3.97. The number of methoxy groups -OCH3 is 1. The van der Waals surface area contributed by atoms with Crippen LogP contribution in [-0.4, -0.2) is 48.9 Å². The van der Waals surface area contributed by atoms with Crippen molar-refractivity contribution in [2.75, 3.05) is 35.0 Å². The number of anilines is 3. The van der Waals surface area contributed by atoms with Gasteiger partial charge in [0.25, 0.3) is 5.91 Å². The predicted octanol–water partition coefficient (Wildman–Crippen LogP) is 4.64. The van der Waals surface area contributed by atoms with Crippen LogP contribution in [0.5, 0.6) is 5.75 Å². The second-order valence-electron chi connectivity index (χ2n) is 11.3. The van der Waals surface area contributed by atoms with Crippen molar-refractivity contribution in [3.8, 4) is 5.75 Å². The lowest BCUT2D eigenvalue weighted by atomic mass is 9.86. The number of rotatable bonds is 8. The van der Waals surface area contributed by atoms with Crippen molar-refractivity contribution in [2.45, 2.75) is 52.2 Å². The van der Waals surface area contributed by atoms with Crippen LogP contribution in [0, 0.1) is 6.92 Å². The summed E-state index contributed by atoms with van der Waals surface area (Å²) in [5, 5.41) is 23.3. The third kappa shape index (κ3) is 6.51. The van der Waals surface area contributed by atoms with Crippen molar-refractivity contribution in [1.29, 1.82) is 0 Å². The van der Waals surface area contributed by atoms with Crippen LogP contribution in [0.2, 0.25) is 0 Å². The molecule has 0 radical (unpaired) electrons. The lowest BCUT2D eigenvalue weighted by molar-refractivity contribution is 0.102. The highest BCUT2D eigenvalue weighted by molar-refractivity contribution is 7.92. The fourth-order valence-corrected chi connectivity index (χ4v) is 5.22. The summed E-state index contributed by atoms with van der Waals surface area (Å²) in [7, 11) is -0.356. The molecule has 2 heterocycles. The molecular weight excluding hydrogens is 546 g/mol. The average Bonchev–Trinajstić information content (AvgIpc) is 3.49. The number of nitrogens with zero attached hydrogens (tertiary/aromatic N) is 5. The highest BCUT2D eigenvalue weighted by Gasteiger charge is 2.28. The number of imidazole rings is 1. The Morgan fingerprint density at radius 1 is 1.20 bits per heavy atom. The van der Waals surface area contributed by atoms with Gasteiger partial charge in [0.05, 0.1) is 48.9 Å². The molecule has 1 amide bonds. The second kappa shape index (κ2) is 11.1. The van der Waals surface area contributed by atoms with Crippen molar-refractivity contribution < 1.29 is 23.1 Å². The van der Waals surface area contributed by atoms with Crippen molar-refractivity contribution >= 4 is 33.0 Å². The molecule has 13 heteroatoms. The first kappa shape index (κ1) is 30.0. The number of hydrogen-bond donors (Lipinski definition) is 3. The normalized spacial score (nSPS) is 16.1. The molecule has 1 aromatic heterocycles. The Balaban J connectivity index is 1.62. The molecule has 0 saturated carbocycles. The summed E-state index contributed by atoms with van der Waals surface area (Å²) in [6.07, 6.45) is 2.04. The fourth-order valence-electron chi connectivity index (χ4n) is 4.67. The number of benzene rings is 2. The molecule has 12 nitrogen and oxygen atoms in total. The molecule has 41 heavy (non-hydrogen) atoms. The number of aryl methyl sites for hydroxylation is 1. The van der Waals surface area contributed by atoms with Crippen LogP contribution in [0.4, 0.5) is 17.1 Å². The second-order valence-corrected chi connectivity index (χ2v) is 13.0. The maximum Gasteiger partial charge on any atom is 0.255 e. The van der Waals surface area contributed by atoms with Gasteiger partial charge in [0.1, 0.15) is 18.0 Å². The SMILES string of the molecule is COc1c(NC(=O)c2ccc(C)c(N3CC(c4cnc(C(C)O)n4C)N=N3)c2)cc(C(C)(C)C)cc1NS(C)(=O)=O. The molecule has 2 atom stereocenters. The van der Waals surface area contributed by atoms with E-state index in [9.17, 15) is 18.3 Å². The van der Waals surface area contributed by atoms with E-state index in [-0.39, 0.29) is 22.9 Å². The Kier molecular flexibility index (Phi) is 8.14. The van der Waals surface area contributed by atoms with Gasteiger partial charge in [-0.3, -0.25) is 9.52 Å². The molecule has 2 unspecified atom stereocenters. The van der Waals surface area contributed by atoms with Crippen LogP contribution in [-0.2, 0) is 22.5 Å². The molecule has 3 aromatic rings. The van der Waals surface area contributed by atoms with Crippen molar-refractivity contribution in [3.63, 3.8) is 0 Å². The van der Waals surface area contributed by atoms with Crippen LogP contribution in [0.25, 0.3) is 0 Å². The Morgan fingerprint density at radius 3 is 2.46 bits per heavy atom. The molecule has 0 saturated heterocycles. The quantitative estimate of drug-likeness (QED) is 0.350. The number of aliphatic hydroxyl groups excluding tert-OH is 1. The smallest absolute Gasteiger partial charge is 0.255 e. The monoisotopic (exact) mass is 583 g/mol. The number of aromatic nitrogens is 2. The number of ether oxygens (including phenoxy) is 1. The molecule has 0 bridgehead atoms. The van der Waals surface area contributed by atoms with Crippen LogP contribution in [0.1, 0.15) is 72.8 Å². The molecule has 1 aliphatic rings. The Bertz CT molecular complexity index is 1610. The highest BCUT2D eigenvalue weighted by atomic mass is 32.2. The van der Waals surface area contributed by atoms with Gasteiger partial charge in [-0.05, 0) is 54.7 Å². The van der Waals surface area contributed by atoms with Gasteiger partial charge >= 0.3 is 0 Å². The minimum absolute atomic E-state index is 0.202. The van der Waals surface area contributed by atoms with Gasteiger partial charge in [0, 0.05) is 12.6 Å². The summed E-state index contributed by atoms with van der Waals surface area (Å²) in [5.41, 5.74) is 3.87. The van der Waals surface area contributed by atoms with E-state index in [1.54, 1.807) is 42.4 Å². The standard InChI is InChI=1S/C28H37N7O5S/c1-16-9-10-18(11-23(16)35-15-22(31-33-35)24-14-29-26(17(2)36)34(24)6)27(37)30-20-12-19(28(3,4)5)13-21(25(20)40-7)32-41(8,38)39/h9-14,17,22,32,36H,15H2,1-8H3,(H,30,37). The Morgan fingerprint density at radius 2 is 1.88 bits per heavy atom. The molecule has 0 spiro atoms. The maximum atomic E-state index is 13.5. The summed E-state index contributed by atoms with van der Waals surface area (Å²) in [6.45, 7) is 10.00. The molecular formula is C28H37N7O5S. The topological polar surface area (TPSA) is 151 Å². The summed E-state index contributed by atoms with van der Waals surface area (Å²) in [5.74, 6) is 0.346. The number of carbonyl (C=O) groups excluding carboxylic acids is 1. The van der Waals surface area contributed by atoms with E-state index >= 15 is 0 Å². The first-order valence-electron chi connectivity index (χ1n) is 13.1. The summed E-state index contributed by atoms with van der Waals surface area (Å²) in [4.78, 5) is 17.8. The zero-order valence-electron chi connectivity index (χ0n) is 24.6. The van der Waals surface area contributed by atoms with Gasteiger partial charge in [-0.1, -0.05) is 32.1 Å². The first-order chi connectivity index (χ1) is 19.1. The number of hydrogen-bond acceptors (Lipinski definition) is 9. The largest absolute Gasteiger partial charge is 0.492 e. The van der Waals surface area contributed by atoms with Crippen molar-refractivity contribution in [1.82, 2.24) is 9.55 Å². The predicted molar refractivity (Wildman–Crippen MR) is 158 cm³/mol. The molecule has 0 fully saturated rings. The van der Waals surface area contributed by atoms with Gasteiger partial charge in [-0.15, -0.1) is 0 Å². The average molecular weight is 584 g/mol. The van der Waals surface area contributed by atoms with E-state index in [2.05, 4.69) is 25.4 Å². The first-order valence-corrected chi connectivity index (χ1v) is 15.0. The minimum atomic E-state index is -3.61. The number of amides is 1. The summed E-state index contributed by atoms with van der Waals surface area (Å²) >= 11 is 0. The molecule has 0 aliphatic carbocycles. The molecule has 220 valence electrons. The van der Waals surface area contributed by atoms with E-state index < -0.39 is 22.0 Å². The number of nitrogens with one attached hydrogen (secondary N) is 2. The van der Waals surface area contributed by atoms with Gasteiger partial charge < -0.3 is 19.7 Å². The lowest BCUT2D eigenvalue weighted by Gasteiger charge is -2.24. The lowest BCUT2D eigenvalue weighted by Crippen LogP contribution is -2.20. The van der Waals surface area contributed by atoms with Crippen LogP contribution in [0.3, 0.4) is 0 Å². The van der Waals surface area contributed by atoms with Gasteiger partial charge in [0.15, 0.2) is 5.75 Å². The zero-order chi connectivity index (χ0) is 30.3. The number of carbonyl (C=O) groups is 1. The van der Waals surface area contributed by atoms with Crippen LogP contribution >= 0.6 is 0 Å². The molecule has 2 aromatic carbocycles. The van der Waals surface area contributed by atoms with Crippen LogP contribution < -0.4 is 19.8 Å². The Labute approximate surface area is 240 Å². The highest BCUT2D eigenvalue weighted by Crippen LogP contribution is 2.39. The maximum absolute atomic E-state index is 13.5. The van der Waals surface area contributed by atoms with Crippen molar-refractivity contribution in [2.24, 2.45) is 17.4 Å². The van der Waals surface area contributed by atoms with E-state index in [1.165, 1.54) is 7.11 Å². The number of aliphatic hydroxyl groups is 1. The van der Waals surface area contributed by atoms with Gasteiger partial charge in [0.2, 0.25) is 10.0 Å². The summed E-state index contributed by atoms with van der Waals surface area (Å²) in [6, 6.07) is 8.50. The minimum Gasteiger partial charge on any atom is -0.492 e.